The van der Waals surface area contributed by atoms with Crippen LogP contribution in [0.5, 0.6) is 5.75 Å². The monoisotopic (exact) mass is 383 g/mol. The first-order valence-electron chi connectivity index (χ1n) is 8.03. The summed E-state index contributed by atoms with van der Waals surface area (Å²) in [6.45, 7) is 1.92. The Kier molecular flexibility index (Phi) is 5.76. The lowest BCUT2D eigenvalue weighted by molar-refractivity contribution is 0.206. The van der Waals surface area contributed by atoms with Gasteiger partial charge in [0.05, 0.1) is 28.2 Å². The minimum atomic E-state index is -0.469. The molecule has 0 aliphatic heterocycles. The summed E-state index contributed by atoms with van der Waals surface area (Å²) in [5.74, 6) is 0.934. The zero-order valence-electron chi connectivity index (χ0n) is 14.1. The van der Waals surface area contributed by atoms with Gasteiger partial charge in [-0.05, 0) is 42.8 Å². The fourth-order valence-electron chi connectivity index (χ4n) is 2.53. The molecule has 1 amide bonds. The molecule has 1 unspecified atom stereocenters. The van der Waals surface area contributed by atoms with Crippen molar-refractivity contribution in [3.05, 3.63) is 53.5 Å². The lowest BCUT2D eigenvalue weighted by Gasteiger charge is -2.27. The maximum atomic E-state index is 12.8. The Morgan fingerprint density at radius 2 is 2.12 bits per heavy atom. The van der Waals surface area contributed by atoms with Gasteiger partial charge in [-0.15, -0.1) is 11.3 Å². The lowest BCUT2D eigenvalue weighted by atomic mass is 10.2. The molecule has 0 aliphatic rings. The van der Waals surface area contributed by atoms with E-state index in [1.165, 1.54) is 11.3 Å². The van der Waals surface area contributed by atoms with Crippen molar-refractivity contribution in [3.8, 4) is 11.8 Å². The fourth-order valence-corrected chi connectivity index (χ4v) is 3.41. The molecular formula is C19H17N3O2S2. The Labute approximate surface area is 161 Å². The summed E-state index contributed by atoms with van der Waals surface area (Å²) in [6, 6.07) is 14.6. The van der Waals surface area contributed by atoms with Crippen LogP contribution in [0.1, 0.15) is 12.5 Å². The highest BCUT2D eigenvalue weighted by molar-refractivity contribution is 7.80. The summed E-state index contributed by atoms with van der Waals surface area (Å²) < 4.78 is 6.55. The minimum Gasteiger partial charge on any atom is -0.410 e. The number of anilines is 1. The molecule has 0 radical (unpaired) electrons. The van der Waals surface area contributed by atoms with Crippen molar-refractivity contribution in [2.45, 2.75) is 19.4 Å². The average molecular weight is 383 g/mol. The Hall–Kier alpha value is -2.56. The lowest BCUT2D eigenvalue weighted by Crippen LogP contribution is -2.41. The number of benzene rings is 2. The predicted octanol–water partition coefficient (Wildman–Crippen LogP) is 4.69. The molecule has 132 valence electrons. The summed E-state index contributed by atoms with van der Waals surface area (Å²) in [7, 11) is 0. The number of thiazole rings is 1. The first-order valence-corrected chi connectivity index (χ1v) is 9.54. The van der Waals surface area contributed by atoms with Gasteiger partial charge in [-0.3, -0.25) is 4.90 Å². The van der Waals surface area contributed by atoms with E-state index < -0.39 is 6.09 Å². The minimum absolute atomic E-state index is 0.144. The number of nitriles is 1. The molecule has 5 nitrogen and oxygen atoms in total. The van der Waals surface area contributed by atoms with Crippen LogP contribution in [-0.2, 0) is 6.42 Å². The summed E-state index contributed by atoms with van der Waals surface area (Å²) >= 11 is 5.86. The van der Waals surface area contributed by atoms with Crippen molar-refractivity contribution in [2.24, 2.45) is 0 Å². The third kappa shape index (κ3) is 3.98. The topological polar surface area (TPSA) is 66.2 Å². The number of nitrogens with zero attached hydrogens (tertiary/aromatic N) is 3. The Morgan fingerprint density at radius 1 is 1.35 bits per heavy atom. The number of fused-ring (bicyclic) bond motifs is 1. The van der Waals surface area contributed by atoms with Crippen molar-refractivity contribution >= 4 is 46.0 Å². The van der Waals surface area contributed by atoms with E-state index in [1.54, 1.807) is 34.7 Å². The molecule has 0 aliphatic carbocycles. The smallest absolute Gasteiger partial charge is 0.410 e. The fraction of sp³-hybridized carbons (Fsp3) is 0.211. The van der Waals surface area contributed by atoms with E-state index in [4.69, 9.17) is 10.00 Å². The second-order valence-electron chi connectivity index (χ2n) is 5.75. The second-order valence-corrected chi connectivity index (χ2v) is 7.00. The van der Waals surface area contributed by atoms with Crippen LogP contribution in [0, 0.1) is 11.3 Å². The van der Waals surface area contributed by atoms with E-state index in [0.717, 1.165) is 21.5 Å². The molecule has 2 aromatic carbocycles. The molecule has 1 atom stereocenters. The van der Waals surface area contributed by atoms with Crippen molar-refractivity contribution in [1.82, 2.24) is 4.98 Å². The van der Waals surface area contributed by atoms with Gasteiger partial charge in [0, 0.05) is 17.5 Å². The predicted molar refractivity (Wildman–Crippen MR) is 107 cm³/mol. The van der Waals surface area contributed by atoms with Crippen molar-refractivity contribution < 1.29 is 9.53 Å². The maximum Gasteiger partial charge on any atom is 0.420 e. The third-order valence-corrected chi connectivity index (χ3v) is 5.23. The molecule has 3 aromatic rings. The summed E-state index contributed by atoms with van der Waals surface area (Å²) in [5.41, 5.74) is 4.30. The largest absolute Gasteiger partial charge is 0.420 e. The molecule has 0 spiro atoms. The zero-order chi connectivity index (χ0) is 18.5. The second kappa shape index (κ2) is 8.21. The van der Waals surface area contributed by atoms with Gasteiger partial charge in [-0.2, -0.15) is 17.9 Å². The van der Waals surface area contributed by atoms with E-state index in [9.17, 15) is 4.79 Å². The van der Waals surface area contributed by atoms with Crippen LogP contribution in [0.25, 0.3) is 10.2 Å². The highest BCUT2D eigenvalue weighted by Gasteiger charge is 2.24. The molecule has 26 heavy (non-hydrogen) atoms. The third-order valence-electron chi connectivity index (χ3n) is 3.91. The molecule has 0 fully saturated rings. The number of thiol groups is 1. The van der Waals surface area contributed by atoms with Crippen LogP contribution in [0.3, 0.4) is 0 Å². The maximum absolute atomic E-state index is 12.8. The van der Waals surface area contributed by atoms with Crippen LogP contribution < -0.4 is 9.64 Å². The normalized spacial score (nSPS) is 11.7. The number of amides is 1. The van der Waals surface area contributed by atoms with E-state index in [2.05, 4.69) is 23.7 Å². The quantitative estimate of drug-likeness (QED) is 0.649. The van der Waals surface area contributed by atoms with Gasteiger partial charge >= 0.3 is 6.09 Å². The van der Waals surface area contributed by atoms with E-state index in [0.29, 0.717) is 17.9 Å². The number of rotatable bonds is 5. The summed E-state index contributed by atoms with van der Waals surface area (Å²) in [5, 5.41) is 8.73. The molecular weight excluding hydrogens is 366 g/mol. The number of hydrogen-bond acceptors (Lipinski definition) is 6. The van der Waals surface area contributed by atoms with Gasteiger partial charge in [0.2, 0.25) is 0 Å². The highest BCUT2D eigenvalue weighted by Crippen LogP contribution is 2.27. The number of carbonyl (C=O) groups excluding carboxylic acids is 1. The molecule has 0 bridgehead atoms. The summed E-state index contributed by atoms with van der Waals surface area (Å²) in [4.78, 5) is 18.7. The molecule has 0 N–H and O–H groups in total. The SMILES string of the molecule is CC(CS)N(C(=O)Oc1ccc(CC#N)cc1)c1ccc2ncsc2c1. The van der Waals surface area contributed by atoms with Crippen LogP contribution >= 0.6 is 24.0 Å². The molecule has 0 saturated carbocycles. The van der Waals surface area contributed by atoms with Gasteiger partial charge < -0.3 is 4.74 Å². The van der Waals surface area contributed by atoms with Crippen molar-refractivity contribution in [2.75, 3.05) is 10.7 Å². The first-order chi connectivity index (χ1) is 12.6. The number of carbonyl (C=O) groups is 1. The van der Waals surface area contributed by atoms with Crippen LogP contribution in [0.4, 0.5) is 10.5 Å². The van der Waals surface area contributed by atoms with Crippen molar-refractivity contribution in [3.63, 3.8) is 0 Å². The van der Waals surface area contributed by atoms with Crippen LogP contribution in [0.2, 0.25) is 0 Å². The van der Waals surface area contributed by atoms with E-state index in [-0.39, 0.29) is 6.04 Å². The molecule has 1 heterocycles. The number of hydrogen-bond donors (Lipinski definition) is 1. The average Bonchev–Trinajstić information content (AvgIpc) is 3.11. The zero-order valence-corrected chi connectivity index (χ0v) is 15.8. The number of aromatic nitrogens is 1. The van der Waals surface area contributed by atoms with Crippen LogP contribution in [-0.4, -0.2) is 22.9 Å². The highest BCUT2D eigenvalue weighted by atomic mass is 32.1. The number of ether oxygens (including phenoxy) is 1. The van der Waals surface area contributed by atoms with Gasteiger partial charge in [0.1, 0.15) is 5.75 Å². The van der Waals surface area contributed by atoms with Gasteiger partial charge in [0.25, 0.3) is 0 Å². The van der Waals surface area contributed by atoms with Gasteiger partial charge in [-0.1, -0.05) is 12.1 Å². The molecule has 7 heteroatoms. The Bertz CT molecular complexity index is 947. The molecule has 3 rings (SSSR count). The van der Waals surface area contributed by atoms with Crippen LogP contribution in [0.15, 0.2) is 48.0 Å². The Morgan fingerprint density at radius 3 is 2.81 bits per heavy atom. The van der Waals surface area contributed by atoms with Crippen molar-refractivity contribution in [1.29, 1.82) is 5.26 Å². The Balaban J connectivity index is 1.84. The van der Waals surface area contributed by atoms with E-state index >= 15 is 0 Å². The van der Waals surface area contributed by atoms with E-state index in [1.807, 2.05) is 25.1 Å². The van der Waals surface area contributed by atoms with Gasteiger partial charge in [-0.25, -0.2) is 9.78 Å². The molecule has 1 aromatic heterocycles. The molecule has 0 saturated heterocycles. The standard InChI is InChI=1S/C19H17N3O2S2/c1-13(11-25)22(15-4-7-17-18(10-15)26-12-21-17)19(23)24-16-5-2-14(3-6-16)8-9-20/h2-7,10,12-13,25H,8,11H2,1H3. The first kappa shape index (κ1) is 18.2. The van der Waals surface area contributed by atoms with Gasteiger partial charge in [0.15, 0.2) is 0 Å². The summed E-state index contributed by atoms with van der Waals surface area (Å²) in [6.07, 6.45) is -0.144.